The first-order valence-electron chi connectivity index (χ1n) is 8.94. The first kappa shape index (κ1) is 18.0. The molecule has 6 nitrogen and oxygen atoms in total. The van der Waals surface area contributed by atoms with Crippen LogP contribution in [0.3, 0.4) is 0 Å². The maximum absolute atomic E-state index is 12.6. The first-order valence-corrected chi connectivity index (χ1v) is 9.75. The van der Waals surface area contributed by atoms with Gasteiger partial charge in [-0.3, -0.25) is 14.4 Å². The molecule has 2 aliphatic rings. The Bertz CT molecular complexity index is 694. The Balaban J connectivity index is 1.68. The molecule has 1 saturated carbocycles. The van der Waals surface area contributed by atoms with Crippen molar-refractivity contribution in [1.29, 1.82) is 0 Å². The van der Waals surface area contributed by atoms with E-state index < -0.39 is 0 Å². The summed E-state index contributed by atoms with van der Waals surface area (Å²) in [6, 6.07) is 0. The Hall–Kier alpha value is -1.76. The maximum atomic E-state index is 12.6. The number of hydrogen-bond donors (Lipinski definition) is 1. The summed E-state index contributed by atoms with van der Waals surface area (Å²) in [5, 5.41) is 3.32. The van der Waals surface area contributed by atoms with Crippen molar-refractivity contribution < 1.29 is 14.4 Å². The Morgan fingerprint density at radius 3 is 2.60 bits per heavy atom. The lowest BCUT2D eigenvalue weighted by molar-refractivity contribution is -0.134. The Labute approximate surface area is 152 Å². The molecule has 1 heterocycles. The summed E-state index contributed by atoms with van der Waals surface area (Å²) < 4.78 is 0. The fourth-order valence-electron chi connectivity index (χ4n) is 3.39. The monoisotopic (exact) mass is 363 g/mol. The number of aromatic nitrogens is 1. The summed E-state index contributed by atoms with van der Waals surface area (Å²) in [7, 11) is 1.79. The maximum Gasteiger partial charge on any atom is 0.229 e. The van der Waals surface area contributed by atoms with Crippen molar-refractivity contribution in [2.24, 2.45) is 17.8 Å². The van der Waals surface area contributed by atoms with Gasteiger partial charge in [-0.2, -0.15) is 0 Å². The molecular formula is C18H25N3O3S. The van der Waals surface area contributed by atoms with Crippen molar-refractivity contribution in [2.45, 2.75) is 46.0 Å². The van der Waals surface area contributed by atoms with Crippen LogP contribution in [0.1, 0.15) is 54.9 Å². The number of fused-ring (bicyclic) bond motifs is 1. The van der Waals surface area contributed by atoms with Crippen LogP contribution in [0.2, 0.25) is 0 Å². The lowest BCUT2D eigenvalue weighted by Crippen LogP contribution is -2.38. The van der Waals surface area contributed by atoms with E-state index in [1.807, 2.05) is 0 Å². The molecule has 0 spiro atoms. The molecule has 2 aliphatic carbocycles. The summed E-state index contributed by atoms with van der Waals surface area (Å²) in [5.74, 6) is 0.0714. The standard InChI is InChI=1S/C18H25N3O3S/c1-10(2)9-21(3)17(24)12-7-13-15(14(22)8-12)25-18(19-13)20-16(23)11-5-4-6-11/h10-12H,4-9H2,1-3H3,(H,19,20,23)/t12-/m0/s1. The van der Waals surface area contributed by atoms with Gasteiger partial charge in [-0.05, 0) is 18.8 Å². The SMILES string of the molecule is CC(C)CN(C)C(=O)[C@@H]1CC(=O)c2sc(NC(=O)C3CCC3)nc2C1. The average molecular weight is 363 g/mol. The van der Waals surface area contributed by atoms with E-state index in [1.54, 1.807) is 11.9 Å². The van der Waals surface area contributed by atoms with Gasteiger partial charge in [-0.15, -0.1) is 0 Å². The summed E-state index contributed by atoms with van der Waals surface area (Å²) in [6.45, 7) is 4.80. The van der Waals surface area contributed by atoms with Crippen LogP contribution in [0, 0.1) is 17.8 Å². The summed E-state index contributed by atoms with van der Waals surface area (Å²) in [4.78, 5) is 43.8. The summed E-state index contributed by atoms with van der Waals surface area (Å²) in [5.41, 5.74) is 0.654. The molecule has 0 bridgehead atoms. The fourth-order valence-corrected chi connectivity index (χ4v) is 4.33. The minimum Gasteiger partial charge on any atom is -0.345 e. The molecule has 1 fully saturated rings. The second-order valence-electron chi connectivity index (χ2n) is 7.55. The lowest BCUT2D eigenvalue weighted by atomic mass is 9.85. The smallest absolute Gasteiger partial charge is 0.229 e. The zero-order valence-corrected chi connectivity index (χ0v) is 15.8. The van der Waals surface area contributed by atoms with E-state index in [0.717, 1.165) is 19.3 Å². The molecule has 0 aliphatic heterocycles. The normalized spacial score (nSPS) is 20.2. The van der Waals surface area contributed by atoms with Crippen molar-refractivity contribution in [1.82, 2.24) is 9.88 Å². The molecule has 1 atom stereocenters. The minimum atomic E-state index is -0.346. The van der Waals surface area contributed by atoms with Gasteiger partial charge in [0.2, 0.25) is 11.8 Å². The highest BCUT2D eigenvalue weighted by atomic mass is 32.1. The third-order valence-electron chi connectivity index (χ3n) is 4.89. The van der Waals surface area contributed by atoms with Crippen LogP contribution in [-0.2, 0) is 16.0 Å². The van der Waals surface area contributed by atoms with Crippen molar-refractivity contribution in [2.75, 3.05) is 18.9 Å². The van der Waals surface area contributed by atoms with Crippen LogP contribution in [0.5, 0.6) is 0 Å². The fraction of sp³-hybridized carbons (Fsp3) is 0.667. The van der Waals surface area contributed by atoms with Gasteiger partial charge >= 0.3 is 0 Å². The Morgan fingerprint density at radius 2 is 2.00 bits per heavy atom. The van der Waals surface area contributed by atoms with E-state index in [0.29, 0.717) is 34.6 Å². The van der Waals surface area contributed by atoms with Crippen molar-refractivity contribution >= 4 is 34.1 Å². The number of Topliss-reactive ketones (excluding diaryl/α,β-unsaturated/α-hetero) is 1. The van der Waals surface area contributed by atoms with Crippen molar-refractivity contribution in [3.05, 3.63) is 10.6 Å². The number of anilines is 1. The number of rotatable bonds is 5. The summed E-state index contributed by atoms with van der Waals surface area (Å²) >= 11 is 1.24. The number of amides is 2. The molecule has 25 heavy (non-hydrogen) atoms. The highest BCUT2D eigenvalue weighted by molar-refractivity contribution is 7.17. The molecular weight excluding hydrogens is 338 g/mol. The first-order chi connectivity index (χ1) is 11.8. The van der Waals surface area contributed by atoms with Gasteiger partial charge in [0.25, 0.3) is 0 Å². The lowest BCUT2D eigenvalue weighted by Gasteiger charge is -2.26. The van der Waals surface area contributed by atoms with E-state index in [-0.39, 0.29) is 35.9 Å². The molecule has 0 saturated heterocycles. The molecule has 7 heteroatoms. The van der Waals surface area contributed by atoms with Crippen LogP contribution >= 0.6 is 11.3 Å². The molecule has 1 aromatic heterocycles. The van der Waals surface area contributed by atoms with Crippen LogP contribution in [0.25, 0.3) is 0 Å². The van der Waals surface area contributed by atoms with E-state index in [2.05, 4.69) is 24.1 Å². The molecule has 2 amide bonds. The van der Waals surface area contributed by atoms with Crippen molar-refractivity contribution in [3.63, 3.8) is 0 Å². The van der Waals surface area contributed by atoms with E-state index in [4.69, 9.17) is 0 Å². The zero-order chi connectivity index (χ0) is 18.1. The van der Waals surface area contributed by atoms with Gasteiger partial charge in [0.05, 0.1) is 16.5 Å². The number of carbonyl (C=O) groups is 3. The van der Waals surface area contributed by atoms with E-state index in [9.17, 15) is 14.4 Å². The molecule has 0 radical (unpaired) electrons. The quantitative estimate of drug-likeness (QED) is 0.872. The number of carbonyl (C=O) groups excluding carboxylic acids is 3. The zero-order valence-electron chi connectivity index (χ0n) is 15.0. The highest BCUT2D eigenvalue weighted by Gasteiger charge is 2.35. The van der Waals surface area contributed by atoms with E-state index >= 15 is 0 Å². The number of nitrogens with zero attached hydrogens (tertiary/aromatic N) is 2. The third-order valence-corrected chi connectivity index (χ3v) is 5.95. The summed E-state index contributed by atoms with van der Waals surface area (Å²) in [6.07, 6.45) is 3.65. The molecule has 0 aromatic carbocycles. The van der Waals surface area contributed by atoms with Gasteiger partial charge in [0.15, 0.2) is 10.9 Å². The van der Waals surface area contributed by atoms with Crippen LogP contribution < -0.4 is 5.32 Å². The third kappa shape index (κ3) is 3.92. The number of ketones is 1. The number of hydrogen-bond acceptors (Lipinski definition) is 5. The molecule has 0 unspecified atom stereocenters. The number of thiazole rings is 1. The van der Waals surface area contributed by atoms with Crippen LogP contribution in [-0.4, -0.2) is 41.1 Å². The Kier molecular flexibility index (Phi) is 5.22. The second-order valence-corrected chi connectivity index (χ2v) is 8.55. The van der Waals surface area contributed by atoms with Crippen LogP contribution in [0.4, 0.5) is 5.13 Å². The predicted octanol–water partition coefficient (Wildman–Crippen LogP) is 2.74. The topological polar surface area (TPSA) is 79.4 Å². The molecule has 136 valence electrons. The van der Waals surface area contributed by atoms with Crippen molar-refractivity contribution in [3.8, 4) is 0 Å². The van der Waals surface area contributed by atoms with E-state index in [1.165, 1.54) is 11.3 Å². The highest BCUT2D eigenvalue weighted by Crippen LogP contribution is 2.34. The largest absolute Gasteiger partial charge is 0.345 e. The van der Waals surface area contributed by atoms with Gasteiger partial charge in [-0.1, -0.05) is 31.6 Å². The van der Waals surface area contributed by atoms with Gasteiger partial charge in [0, 0.05) is 32.4 Å². The van der Waals surface area contributed by atoms with Crippen LogP contribution in [0.15, 0.2) is 0 Å². The van der Waals surface area contributed by atoms with Gasteiger partial charge < -0.3 is 10.2 Å². The Morgan fingerprint density at radius 1 is 1.28 bits per heavy atom. The average Bonchev–Trinajstić information content (AvgIpc) is 2.86. The molecule has 3 rings (SSSR count). The molecule has 1 N–H and O–H groups in total. The second kappa shape index (κ2) is 7.23. The predicted molar refractivity (Wildman–Crippen MR) is 96.7 cm³/mol. The molecule has 1 aromatic rings. The number of nitrogens with one attached hydrogen (secondary N) is 1. The van der Waals surface area contributed by atoms with Gasteiger partial charge in [0.1, 0.15) is 0 Å². The van der Waals surface area contributed by atoms with Gasteiger partial charge in [-0.25, -0.2) is 4.98 Å². The minimum absolute atomic E-state index is 0.000698.